The highest BCUT2D eigenvalue weighted by atomic mass is 35.5. The molecule has 0 saturated carbocycles. The van der Waals surface area contributed by atoms with Crippen LogP contribution in [-0.2, 0) is 5.75 Å². The van der Waals surface area contributed by atoms with Gasteiger partial charge in [0, 0.05) is 33.5 Å². The molecule has 2 atom stereocenters. The number of alkyl halides is 3. The van der Waals surface area contributed by atoms with Crippen molar-refractivity contribution in [3.63, 3.8) is 0 Å². The maximum atomic E-state index is 13.8. The highest BCUT2D eigenvalue weighted by Gasteiger charge is 2.47. The molecule has 35 heavy (non-hydrogen) atoms. The first-order valence-corrected chi connectivity index (χ1v) is 12.0. The Morgan fingerprint density at radius 2 is 1.86 bits per heavy atom. The lowest BCUT2D eigenvalue weighted by molar-refractivity contribution is -0.173. The molecule has 11 heteroatoms. The lowest BCUT2D eigenvalue weighted by Gasteiger charge is -2.46. The van der Waals surface area contributed by atoms with Gasteiger partial charge in [0.2, 0.25) is 5.43 Å². The molecule has 0 unspecified atom stereocenters. The molecule has 0 saturated heterocycles. The van der Waals surface area contributed by atoms with E-state index >= 15 is 0 Å². The number of thioether (sulfide) groups is 1. The summed E-state index contributed by atoms with van der Waals surface area (Å²) in [5, 5.41) is 12.5. The monoisotopic (exact) mass is 521 g/mol. The average Bonchev–Trinajstić information content (AvgIpc) is 2.98. The van der Waals surface area contributed by atoms with Crippen molar-refractivity contribution in [1.82, 2.24) is 9.58 Å². The number of hydrogen-bond donors (Lipinski definition) is 1. The molecule has 2 aliphatic rings. The summed E-state index contributed by atoms with van der Waals surface area (Å²) in [6, 6.07) is 11.1. The zero-order valence-corrected chi connectivity index (χ0v) is 19.9. The van der Waals surface area contributed by atoms with Gasteiger partial charge >= 0.3 is 6.18 Å². The van der Waals surface area contributed by atoms with E-state index in [-0.39, 0.29) is 0 Å². The largest absolute Gasteiger partial charge is 0.502 e. The van der Waals surface area contributed by atoms with Gasteiger partial charge in [-0.25, -0.2) is 0 Å². The van der Waals surface area contributed by atoms with Gasteiger partial charge < -0.3 is 10.0 Å². The summed E-state index contributed by atoms with van der Waals surface area (Å²) >= 11 is 8.25. The molecule has 3 heterocycles. The van der Waals surface area contributed by atoms with Gasteiger partial charge in [-0.2, -0.15) is 13.2 Å². The van der Waals surface area contributed by atoms with E-state index in [1.54, 1.807) is 17.8 Å². The molecular weight excluding hydrogens is 503 g/mol. The van der Waals surface area contributed by atoms with E-state index < -0.39 is 47.7 Å². The van der Waals surface area contributed by atoms with Gasteiger partial charge in [-0.15, -0.1) is 11.8 Å². The second kappa shape index (κ2) is 8.53. The summed E-state index contributed by atoms with van der Waals surface area (Å²) in [6.45, 7) is 0.421. The number of carbonyl (C=O) groups is 1. The molecule has 1 amide bonds. The van der Waals surface area contributed by atoms with Crippen LogP contribution < -0.4 is 10.4 Å². The number of rotatable bonds is 2. The van der Waals surface area contributed by atoms with Crippen LogP contribution in [0.3, 0.4) is 0 Å². The predicted molar refractivity (Wildman–Crippen MR) is 126 cm³/mol. The standard InChI is InChI=1S/C24H19ClF3N3O3S/c1-13(24(26,27)28)29-12-31(30-10-9-17(32)22(33)21(30)23(29)34)20-15-6-2-3-8-18(15)35-11-14-5-4-7-16(25)19(14)20/h2-10,13,20,33H,11-12H2,1H3/t13-,20+/m1/s1. The number of carbonyl (C=O) groups excluding carboxylic acids is 1. The van der Waals surface area contributed by atoms with Crippen molar-refractivity contribution >= 4 is 29.3 Å². The molecule has 182 valence electrons. The van der Waals surface area contributed by atoms with Crippen molar-refractivity contribution in [2.75, 3.05) is 11.7 Å². The number of aromatic hydroxyl groups is 1. The number of pyridine rings is 1. The molecular formula is C24H19ClF3N3O3S. The Morgan fingerprint density at radius 1 is 1.11 bits per heavy atom. The van der Waals surface area contributed by atoms with Gasteiger partial charge in [0.25, 0.3) is 5.91 Å². The normalized spacial score (nSPS) is 18.4. The second-order valence-electron chi connectivity index (χ2n) is 8.34. The van der Waals surface area contributed by atoms with Crippen LogP contribution in [0, 0.1) is 0 Å². The SMILES string of the molecule is C[C@@H](N1CN([C@H]2c3ccccc3SCc3cccc(Cl)c32)n2ccc(=O)c(O)c2C1=O)C(F)(F)F. The first-order chi connectivity index (χ1) is 16.6. The third-order valence-electron chi connectivity index (χ3n) is 6.34. The van der Waals surface area contributed by atoms with E-state index in [0.717, 1.165) is 29.0 Å². The summed E-state index contributed by atoms with van der Waals surface area (Å²) in [6.07, 6.45) is -3.43. The maximum Gasteiger partial charge on any atom is 0.408 e. The van der Waals surface area contributed by atoms with Gasteiger partial charge in [0.05, 0.1) is 0 Å². The Hall–Kier alpha value is -3.11. The topological polar surface area (TPSA) is 65.8 Å². The van der Waals surface area contributed by atoms with Crippen LogP contribution >= 0.6 is 23.4 Å². The van der Waals surface area contributed by atoms with Crippen molar-refractivity contribution in [3.05, 3.63) is 92.4 Å². The van der Waals surface area contributed by atoms with Gasteiger partial charge in [-0.3, -0.25) is 19.3 Å². The Kier molecular flexibility index (Phi) is 5.76. The molecule has 3 aromatic rings. The number of halogens is 4. The first kappa shape index (κ1) is 23.6. The Labute approximate surface area is 207 Å². The molecule has 0 bridgehead atoms. The highest BCUT2D eigenvalue weighted by molar-refractivity contribution is 7.98. The van der Waals surface area contributed by atoms with Gasteiger partial charge in [0.15, 0.2) is 11.4 Å². The number of benzene rings is 2. The quantitative estimate of drug-likeness (QED) is 0.519. The lowest BCUT2D eigenvalue weighted by Crippen LogP contribution is -2.60. The van der Waals surface area contributed by atoms with Gasteiger partial charge in [-0.05, 0) is 30.2 Å². The Balaban J connectivity index is 1.80. The predicted octanol–water partition coefficient (Wildman–Crippen LogP) is 4.90. The summed E-state index contributed by atoms with van der Waals surface area (Å²) in [4.78, 5) is 26.9. The van der Waals surface area contributed by atoms with Crippen LogP contribution in [0.5, 0.6) is 5.75 Å². The molecule has 1 N–H and O–H groups in total. The van der Waals surface area contributed by atoms with E-state index in [1.807, 2.05) is 36.4 Å². The molecule has 0 fully saturated rings. The van der Waals surface area contributed by atoms with Crippen LogP contribution in [0.1, 0.15) is 40.1 Å². The van der Waals surface area contributed by atoms with E-state index in [4.69, 9.17) is 11.6 Å². The van der Waals surface area contributed by atoms with Gasteiger partial charge in [-0.1, -0.05) is 41.9 Å². The fraction of sp³-hybridized carbons (Fsp3) is 0.250. The summed E-state index contributed by atoms with van der Waals surface area (Å²) in [5.74, 6) is -1.41. The maximum absolute atomic E-state index is 13.8. The third kappa shape index (κ3) is 3.84. The molecule has 2 aromatic carbocycles. The van der Waals surface area contributed by atoms with Crippen molar-refractivity contribution in [3.8, 4) is 5.75 Å². The zero-order valence-electron chi connectivity index (χ0n) is 18.3. The van der Waals surface area contributed by atoms with Crippen molar-refractivity contribution in [2.24, 2.45) is 0 Å². The van der Waals surface area contributed by atoms with Crippen molar-refractivity contribution < 1.29 is 23.1 Å². The number of hydrogen-bond acceptors (Lipinski definition) is 5. The fourth-order valence-corrected chi connectivity index (χ4v) is 5.89. The molecule has 2 aliphatic heterocycles. The number of fused-ring (bicyclic) bond motifs is 3. The van der Waals surface area contributed by atoms with Gasteiger partial charge in [0.1, 0.15) is 18.8 Å². The Morgan fingerprint density at radius 3 is 2.60 bits per heavy atom. The summed E-state index contributed by atoms with van der Waals surface area (Å²) in [5.41, 5.74) is 0.971. The molecule has 0 aliphatic carbocycles. The number of aromatic nitrogens is 1. The summed E-state index contributed by atoms with van der Waals surface area (Å²) < 4.78 is 42.6. The third-order valence-corrected chi connectivity index (χ3v) is 7.81. The minimum absolute atomic E-state index is 0.420. The lowest BCUT2D eigenvalue weighted by atomic mass is 9.94. The molecule has 5 rings (SSSR count). The minimum Gasteiger partial charge on any atom is -0.502 e. The van der Waals surface area contributed by atoms with Crippen LogP contribution in [0.4, 0.5) is 13.2 Å². The average molecular weight is 522 g/mol. The Bertz CT molecular complexity index is 1390. The smallest absolute Gasteiger partial charge is 0.408 e. The zero-order chi connectivity index (χ0) is 25.1. The van der Waals surface area contributed by atoms with Crippen molar-refractivity contribution in [2.45, 2.75) is 35.8 Å². The van der Waals surface area contributed by atoms with Crippen LogP contribution in [0.15, 0.2) is 64.4 Å². The number of nitrogens with zero attached hydrogens (tertiary/aromatic N) is 3. The molecule has 0 radical (unpaired) electrons. The number of amides is 1. The highest BCUT2D eigenvalue weighted by Crippen LogP contribution is 2.45. The van der Waals surface area contributed by atoms with E-state index in [1.165, 1.54) is 15.9 Å². The molecule has 1 aromatic heterocycles. The van der Waals surface area contributed by atoms with Crippen LogP contribution in [0.2, 0.25) is 5.02 Å². The summed E-state index contributed by atoms with van der Waals surface area (Å²) in [7, 11) is 0. The molecule has 6 nitrogen and oxygen atoms in total. The first-order valence-electron chi connectivity index (χ1n) is 10.7. The second-order valence-corrected chi connectivity index (χ2v) is 9.76. The van der Waals surface area contributed by atoms with E-state index in [2.05, 4.69) is 0 Å². The van der Waals surface area contributed by atoms with E-state index in [9.17, 15) is 27.9 Å². The van der Waals surface area contributed by atoms with Crippen molar-refractivity contribution in [1.29, 1.82) is 0 Å². The fourth-order valence-electron chi connectivity index (χ4n) is 4.51. The van der Waals surface area contributed by atoms with E-state index in [0.29, 0.717) is 21.2 Å². The molecule has 0 spiro atoms. The van der Waals surface area contributed by atoms with Crippen LogP contribution in [0.25, 0.3) is 0 Å². The minimum atomic E-state index is -4.72. The van der Waals surface area contributed by atoms with Crippen LogP contribution in [-0.4, -0.2) is 39.5 Å².